The highest BCUT2D eigenvalue weighted by Gasteiger charge is 2.10. The molecule has 2 heterocycles. The lowest BCUT2D eigenvalue weighted by atomic mass is 10.2. The van der Waals surface area contributed by atoms with Crippen molar-refractivity contribution >= 4 is 34.7 Å². The van der Waals surface area contributed by atoms with Crippen LogP contribution in [0.2, 0.25) is 5.02 Å². The Kier molecular flexibility index (Phi) is 4.56. The van der Waals surface area contributed by atoms with E-state index in [0.29, 0.717) is 23.8 Å². The van der Waals surface area contributed by atoms with Crippen molar-refractivity contribution in [2.24, 2.45) is 0 Å². The van der Waals surface area contributed by atoms with Gasteiger partial charge in [0.05, 0.1) is 19.2 Å². The van der Waals surface area contributed by atoms with E-state index in [2.05, 4.69) is 10.4 Å². The van der Waals surface area contributed by atoms with Crippen molar-refractivity contribution < 1.29 is 4.79 Å². The minimum atomic E-state index is -0.0524. The lowest BCUT2D eigenvalue weighted by Gasteiger charge is -2.10. The number of benzene rings is 1. The van der Waals surface area contributed by atoms with Crippen LogP contribution in [0.5, 0.6) is 0 Å². The van der Waals surface area contributed by atoms with E-state index in [1.165, 1.54) is 0 Å². The molecule has 0 fully saturated rings. The highest BCUT2D eigenvalue weighted by Crippen LogP contribution is 2.18. The van der Waals surface area contributed by atoms with E-state index >= 15 is 0 Å². The molecule has 0 aliphatic carbocycles. The zero-order valence-electron chi connectivity index (χ0n) is 11.7. The Bertz CT molecular complexity index is 767. The van der Waals surface area contributed by atoms with Crippen molar-refractivity contribution in [3.63, 3.8) is 0 Å². The number of anilines is 1. The van der Waals surface area contributed by atoms with Gasteiger partial charge < -0.3 is 5.32 Å². The van der Waals surface area contributed by atoms with Crippen LogP contribution in [-0.4, -0.2) is 15.7 Å². The monoisotopic (exact) mass is 331 g/mol. The van der Waals surface area contributed by atoms with Gasteiger partial charge in [-0.15, -0.1) is 11.3 Å². The number of hydrogen-bond acceptors (Lipinski definition) is 3. The van der Waals surface area contributed by atoms with E-state index in [1.807, 2.05) is 41.8 Å². The molecule has 1 N–H and O–H groups in total. The molecule has 4 nitrogen and oxygen atoms in total. The quantitative estimate of drug-likeness (QED) is 0.772. The molecule has 0 atom stereocenters. The summed E-state index contributed by atoms with van der Waals surface area (Å²) in [4.78, 5) is 13.1. The second-order valence-corrected chi connectivity index (χ2v) is 6.21. The second kappa shape index (κ2) is 6.77. The highest BCUT2D eigenvalue weighted by atomic mass is 35.5. The molecule has 0 spiro atoms. The molecule has 112 valence electrons. The van der Waals surface area contributed by atoms with Crippen LogP contribution in [-0.2, 0) is 17.8 Å². The number of thiophene rings is 1. The summed E-state index contributed by atoms with van der Waals surface area (Å²) in [7, 11) is 0. The van der Waals surface area contributed by atoms with Crippen molar-refractivity contribution in [2.75, 3.05) is 5.32 Å². The third-order valence-electron chi connectivity index (χ3n) is 3.18. The number of halogens is 1. The maximum Gasteiger partial charge on any atom is 0.230 e. The van der Waals surface area contributed by atoms with Crippen molar-refractivity contribution in [3.8, 4) is 0 Å². The van der Waals surface area contributed by atoms with Gasteiger partial charge in [-0.3, -0.25) is 4.79 Å². The normalized spacial score (nSPS) is 10.6. The molecule has 0 radical (unpaired) electrons. The average Bonchev–Trinajstić information content (AvgIpc) is 3.14. The summed E-state index contributed by atoms with van der Waals surface area (Å²) in [5.74, 6) is 0.616. The first-order valence-electron chi connectivity index (χ1n) is 6.80. The molecule has 3 aromatic rings. The van der Waals surface area contributed by atoms with Gasteiger partial charge in [0.2, 0.25) is 5.91 Å². The fourth-order valence-electron chi connectivity index (χ4n) is 2.11. The predicted octanol–water partition coefficient (Wildman–Crippen LogP) is 3.83. The van der Waals surface area contributed by atoms with Gasteiger partial charge in [0.25, 0.3) is 0 Å². The van der Waals surface area contributed by atoms with Gasteiger partial charge in [-0.2, -0.15) is 5.10 Å². The first kappa shape index (κ1) is 14.8. The smallest absolute Gasteiger partial charge is 0.230 e. The maximum atomic E-state index is 12.1. The van der Waals surface area contributed by atoms with Gasteiger partial charge in [0, 0.05) is 16.0 Å². The molecule has 1 amide bonds. The molecule has 1 aromatic carbocycles. The van der Waals surface area contributed by atoms with E-state index in [4.69, 9.17) is 11.6 Å². The molecule has 0 bridgehead atoms. The molecule has 0 saturated heterocycles. The van der Waals surface area contributed by atoms with Crippen molar-refractivity contribution in [3.05, 3.63) is 69.5 Å². The Morgan fingerprint density at radius 1 is 1.23 bits per heavy atom. The SMILES string of the molecule is O=C(Cc1cccs1)Nc1ccnn1Cc1ccccc1Cl. The number of nitrogens with zero attached hydrogens (tertiary/aromatic N) is 2. The third-order valence-corrected chi connectivity index (χ3v) is 4.42. The van der Waals surface area contributed by atoms with E-state index in [9.17, 15) is 4.79 Å². The summed E-state index contributed by atoms with van der Waals surface area (Å²) in [5.41, 5.74) is 0.960. The van der Waals surface area contributed by atoms with Gasteiger partial charge in [0.1, 0.15) is 5.82 Å². The molecule has 6 heteroatoms. The molecule has 22 heavy (non-hydrogen) atoms. The van der Waals surface area contributed by atoms with E-state index in [-0.39, 0.29) is 5.91 Å². The van der Waals surface area contributed by atoms with Crippen LogP contribution in [0, 0.1) is 0 Å². The zero-order valence-corrected chi connectivity index (χ0v) is 13.3. The number of carbonyl (C=O) groups excluding carboxylic acids is 1. The number of amides is 1. The van der Waals surface area contributed by atoms with Crippen LogP contribution >= 0.6 is 22.9 Å². The van der Waals surface area contributed by atoms with E-state index in [0.717, 1.165) is 10.4 Å². The molecule has 3 rings (SSSR count). The Morgan fingerprint density at radius 3 is 2.86 bits per heavy atom. The van der Waals surface area contributed by atoms with Gasteiger partial charge in [-0.25, -0.2) is 4.68 Å². The van der Waals surface area contributed by atoms with Crippen LogP contribution < -0.4 is 5.32 Å². The summed E-state index contributed by atoms with van der Waals surface area (Å²) in [5, 5.41) is 9.79. The Hall–Kier alpha value is -2.11. The third kappa shape index (κ3) is 3.55. The summed E-state index contributed by atoms with van der Waals surface area (Å²) in [6, 6.07) is 13.3. The fraction of sp³-hybridized carbons (Fsp3) is 0.125. The average molecular weight is 332 g/mol. The molecule has 2 aromatic heterocycles. The summed E-state index contributed by atoms with van der Waals surface area (Å²) in [6.45, 7) is 0.515. The van der Waals surface area contributed by atoms with Gasteiger partial charge in [-0.1, -0.05) is 35.9 Å². The molecule has 0 aliphatic rings. The van der Waals surface area contributed by atoms with Crippen LogP contribution in [0.4, 0.5) is 5.82 Å². The van der Waals surface area contributed by atoms with Gasteiger partial charge >= 0.3 is 0 Å². The highest BCUT2D eigenvalue weighted by molar-refractivity contribution is 7.10. The maximum absolute atomic E-state index is 12.1. The number of rotatable bonds is 5. The first-order valence-corrected chi connectivity index (χ1v) is 8.05. The minimum absolute atomic E-state index is 0.0524. The fourth-order valence-corrected chi connectivity index (χ4v) is 3.01. The van der Waals surface area contributed by atoms with Crippen molar-refractivity contribution in [1.29, 1.82) is 0 Å². The zero-order chi connectivity index (χ0) is 15.4. The number of hydrogen-bond donors (Lipinski definition) is 1. The van der Waals surface area contributed by atoms with Crippen molar-refractivity contribution in [2.45, 2.75) is 13.0 Å². The number of carbonyl (C=O) groups is 1. The van der Waals surface area contributed by atoms with E-state index in [1.54, 1.807) is 28.3 Å². The van der Waals surface area contributed by atoms with Crippen LogP contribution in [0.25, 0.3) is 0 Å². The minimum Gasteiger partial charge on any atom is -0.311 e. The van der Waals surface area contributed by atoms with Gasteiger partial charge in [-0.05, 0) is 23.1 Å². The lowest BCUT2D eigenvalue weighted by Crippen LogP contribution is -2.17. The summed E-state index contributed by atoms with van der Waals surface area (Å²) in [6.07, 6.45) is 2.03. The van der Waals surface area contributed by atoms with Crippen LogP contribution in [0.15, 0.2) is 54.0 Å². The standard InChI is InChI=1S/C16H14ClN3OS/c17-14-6-2-1-4-12(14)11-20-15(7-8-18-20)19-16(21)10-13-5-3-9-22-13/h1-9H,10-11H2,(H,19,21). The Labute approximate surface area is 137 Å². The topological polar surface area (TPSA) is 46.9 Å². The Morgan fingerprint density at radius 2 is 2.09 bits per heavy atom. The first-order chi connectivity index (χ1) is 10.7. The second-order valence-electron chi connectivity index (χ2n) is 4.77. The van der Waals surface area contributed by atoms with Crippen LogP contribution in [0.3, 0.4) is 0 Å². The van der Waals surface area contributed by atoms with Gasteiger partial charge in [0.15, 0.2) is 0 Å². The Balaban J connectivity index is 1.69. The van der Waals surface area contributed by atoms with Crippen LogP contribution in [0.1, 0.15) is 10.4 Å². The predicted molar refractivity (Wildman–Crippen MR) is 89.4 cm³/mol. The summed E-state index contributed by atoms with van der Waals surface area (Å²) < 4.78 is 1.73. The van der Waals surface area contributed by atoms with E-state index < -0.39 is 0 Å². The molecule has 0 unspecified atom stereocenters. The largest absolute Gasteiger partial charge is 0.311 e. The molecule has 0 aliphatic heterocycles. The summed E-state index contributed by atoms with van der Waals surface area (Å²) >= 11 is 7.74. The molecular weight excluding hydrogens is 318 g/mol. The number of nitrogens with one attached hydrogen (secondary N) is 1. The number of aromatic nitrogens is 2. The van der Waals surface area contributed by atoms with Crippen molar-refractivity contribution in [1.82, 2.24) is 9.78 Å². The molecule has 0 saturated carbocycles. The molecular formula is C16H14ClN3OS. The lowest BCUT2D eigenvalue weighted by molar-refractivity contribution is -0.115.